The molecule has 0 fully saturated rings. The number of oxime groups is 1. The van der Waals surface area contributed by atoms with Gasteiger partial charge >= 0.3 is 0 Å². The van der Waals surface area contributed by atoms with Crippen molar-refractivity contribution >= 4 is 35.0 Å². The van der Waals surface area contributed by atoms with Crippen LogP contribution in [-0.2, 0) is 0 Å². The van der Waals surface area contributed by atoms with Crippen molar-refractivity contribution in [2.75, 3.05) is 33.5 Å². The molecule has 1 rings (SSSR count). The zero-order valence-corrected chi connectivity index (χ0v) is 13.3. The molecular formula is C13H19ClN2O3S. The average molecular weight is 319 g/mol. The van der Waals surface area contributed by atoms with Crippen molar-refractivity contribution in [1.29, 1.82) is 0 Å². The average Bonchev–Trinajstić information content (AvgIpc) is 2.43. The number of nitrogens with zero attached hydrogens (tertiary/aromatic N) is 2. The molecule has 0 atom stereocenters. The maximum Gasteiger partial charge on any atom is 0.221 e. The van der Waals surface area contributed by atoms with E-state index in [-0.39, 0.29) is 23.2 Å². The lowest BCUT2D eigenvalue weighted by atomic mass is 10.1. The molecule has 0 saturated carbocycles. The summed E-state index contributed by atoms with van der Waals surface area (Å²) >= 11 is 1.24. The Morgan fingerprint density at radius 2 is 1.95 bits per heavy atom. The molecule has 1 aromatic carbocycles. The third-order valence-electron chi connectivity index (χ3n) is 2.41. The molecule has 1 N–H and O–H groups in total. The molecule has 7 heteroatoms. The van der Waals surface area contributed by atoms with Gasteiger partial charge in [-0.2, -0.15) is 0 Å². The van der Waals surface area contributed by atoms with Crippen molar-refractivity contribution in [2.24, 2.45) is 5.16 Å². The van der Waals surface area contributed by atoms with E-state index in [4.69, 9.17) is 9.94 Å². The van der Waals surface area contributed by atoms with Crippen LogP contribution in [0.2, 0.25) is 0 Å². The number of Topliss-reactive ketones (excluding diaryl/α,β-unsaturated/α-hetero) is 1. The summed E-state index contributed by atoms with van der Waals surface area (Å²) in [6.45, 7) is 0.805. The van der Waals surface area contributed by atoms with Gasteiger partial charge in [-0.05, 0) is 38.4 Å². The number of methoxy groups -OCH3 is 1. The molecule has 0 aromatic heterocycles. The predicted octanol–water partition coefficient (Wildman–Crippen LogP) is 2.38. The standard InChI is InChI=1S/C13H18N2O3S.ClH/c1-15(2)8-9-19-13(14-17)12(16)10-4-6-11(18-3)7-5-10;/h4-7,17H,8-9H2,1-3H3;1H/b14-13-;. The summed E-state index contributed by atoms with van der Waals surface area (Å²) in [4.78, 5) is 14.1. The summed E-state index contributed by atoms with van der Waals surface area (Å²) in [5.74, 6) is 1.09. The number of rotatable bonds is 6. The Bertz CT molecular complexity index is 449. The Morgan fingerprint density at radius 1 is 1.35 bits per heavy atom. The van der Waals surface area contributed by atoms with Gasteiger partial charge in [0.25, 0.3) is 0 Å². The van der Waals surface area contributed by atoms with Gasteiger partial charge in [0, 0.05) is 17.9 Å². The van der Waals surface area contributed by atoms with Crippen LogP contribution < -0.4 is 4.74 Å². The molecule has 0 aliphatic rings. The lowest BCUT2D eigenvalue weighted by Crippen LogP contribution is -2.18. The second kappa shape index (κ2) is 9.63. The molecule has 0 amide bonds. The van der Waals surface area contributed by atoms with Gasteiger partial charge in [0.05, 0.1) is 7.11 Å². The highest BCUT2D eigenvalue weighted by Gasteiger charge is 2.15. The summed E-state index contributed by atoms with van der Waals surface area (Å²) in [7, 11) is 5.46. The molecule has 0 aliphatic heterocycles. The first-order chi connectivity index (χ1) is 9.08. The summed E-state index contributed by atoms with van der Waals surface area (Å²) in [6, 6.07) is 6.71. The van der Waals surface area contributed by atoms with Gasteiger partial charge in [0.1, 0.15) is 5.75 Å². The van der Waals surface area contributed by atoms with E-state index in [0.29, 0.717) is 17.1 Å². The summed E-state index contributed by atoms with van der Waals surface area (Å²) in [5.41, 5.74) is 0.478. The van der Waals surface area contributed by atoms with E-state index in [1.807, 2.05) is 19.0 Å². The van der Waals surface area contributed by atoms with Crippen molar-refractivity contribution < 1.29 is 14.7 Å². The summed E-state index contributed by atoms with van der Waals surface area (Å²) in [6.07, 6.45) is 0. The smallest absolute Gasteiger partial charge is 0.221 e. The number of carbonyl (C=O) groups is 1. The van der Waals surface area contributed by atoms with Crippen molar-refractivity contribution in [2.45, 2.75) is 0 Å². The van der Waals surface area contributed by atoms with Crippen LogP contribution in [0.4, 0.5) is 0 Å². The first kappa shape index (κ1) is 18.8. The van der Waals surface area contributed by atoms with E-state index < -0.39 is 0 Å². The minimum atomic E-state index is -0.283. The number of ketones is 1. The number of hydrogen-bond donors (Lipinski definition) is 1. The third-order valence-corrected chi connectivity index (χ3v) is 3.34. The summed E-state index contributed by atoms with van der Waals surface area (Å²) in [5, 5.41) is 12.1. The third kappa shape index (κ3) is 5.81. The van der Waals surface area contributed by atoms with Crippen LogP contribution in [0.15, 0.2) is 29.4 Å². The number of halogens is 1. The quantitative estimate of drug-likeness (QED) is 0.287. The van der Waals surface area contributed by atoms with Gasteiger partial charge < -0.3 is 14.8 Å². The second-order valence-corrected chi connectivity index (χ2v) is 5.20. The molecule has 1 aromatic rings. The van der Waals surface area contributed by atoms with E-state index in [2.05, 4.69) is 5.16 Å². The van der Waals surface area contributed by atoms with Gasteiger partial charge in [0.2, 0.25) is 5.78 Å². The fourth-order valence-electron chi connectivity index (χ4n) is 1.33. The predicted molar refractivity (Wildman–Crippen MR) is 84.8 cm³/mol. The van der Waals surface area contributed by atoms with E-state index in [0.717, 1.165) is 6.54 Å². The van der Waals surface area contributed by atoms with Gasteiger partial charge in [-0.1, -0.05) is 16.9 Å². The highest BCUT2D eigenvalue weighted by molar-refractivity contribution is 8.15. The molecular weight excluding hydrogens is 300 g/mol. The molecule has 0 radical (unpaired) electrons. The van der Waals surface area contributed by atoms with Crippen LogP contribution in [0, 0.1) is 0 Å². The lowest BCUT2D eigenvalue weighted by Gasteiger charge is -2.09. The molecule has 0 spiro atoms. The molecule has 5 nitrogen and oxygen atoms in total. The van der Waals surface area contributed by atoms with Crippen molar-refractivity contribution in [3.63, 3.8) is 0 Å². The Hall–Kier alpha value is -1.24. The Morgan fingerprint density at radius 3 is 2.40 bits per heavy atom. The highest BCUT2D eigenvalue weighted by Crippen LogP contribution is 2.15. The van der Waals surface area contributed by atoms with Crippen molar-refractivity contribution in [3.8, 4) is 5.75 Å². The van der Waals surface area contributed by atoms with Gasteiger partial charge in [-0.15, -0.1) is 12.4 Å². The summed E-state index contributed by atoms with van der Waals surface area (Å²) < 4.78 is 5.03. The number of ether oxygens (including phenoxy) is 1. The minimum absolute atomic E-state index is 0. The Labute approximate surface area is 129 Å². The highest BCUT2D eigenvalue weighted by atomic mass is 35.5. The van der Waals surface area contributed by atoms with E-state index in [1.165, 1.54) is 11.8 Å². The minimum Gasteiger partial charge on any atom is -0.497 e. The molecule has 0 heterocycles. The van der Waals surface area contributed by atoms with Crippen molar-refractivity contribution in [3.05, 3.63) is 29.8 Å². The van der Waals surface area contributed by atoms with E-state index in [1.54, 1.807) is 31.4 Å². The fraction of sp³-hybridized carbons (Fsp3) is 0.385. The first-order valence-corrected chi connectivity index (χ1v) is 6.75. The maximum absolute atomic E-state index is 12.1. The number of hydrogen-bond acceptors (Lipinski definition) is 6. The fourth-order valence-corrected chi connectivity index (χ4v) is 2.29. The Balaban J connectivity index is 0.00000361. The number of benzene rings is 1. The first-order valence-electron chi connectivity index (χ1n) is 5.76. The van der Waals surface area contributed by atoms with Crippen LogP contribution in [0.25, 0.3) is 0 Å². The van der Waals surface area contributed by atoms with Crippen LogP contribution >= 0.6 is 24.2 Å². The monoisotopic (exact) mass is 318 g/mol. The molecule has 0 saturated heterocycles. The lowest BCUT2D eigenvalue weighted by molar-refractivity contribution is 0.106. The topological polar surface area (TPSA) is 62.1 Å². The van der Waals surface area contributed by atoms with Crippen LogP contribution in [0.3, 0.4) is 0 Å². The molecule has 112 valence electrons. The molecule has 0 aliphatic carbocycles. The van der Waals surface area contributed by atoms with Crippen molar-refractivity contribution in [1.82, 2.24) is 4.90 Å². The SMILES string of the molecule is COc1ccc(C(=O)/C(=N/O)SCCN(C)C)cc1.Cl. The van der Waals surface area contributed by atoms with Gasteiger partial charge in [-0.25, -0.2) is 0 Å². The zero-order valence-electron chi connectivity index (χ0n) is 11.7. The van der Waals surface area contributed by atoms with Gasteiger partial charge in [-0.3, -0.25) is 4.79 Å². The Kier molecular flexibility index (Phi) is 9.03. The number of carbonyl (C=O) groups excluding carboxylic acids is 1. The van der Waals surface area contributed by atoms with Gasteiger partial charge in [0.15, 0.2) is 5.04 Å². The normalized spacial score (nSPS) is 11.1. The van der Waals surface area contributed by atoms with Crippen LogP contribution in [0.5, 0.6) is 5.75 Å². The molecule has 0 bridgehead atoms. The van der Waals surface area contributed by atoms with E-state index >= 15 is 0 Å². The second-order valence-electron chi connectivity index (χ2n) is 4.11. The van der Waals surface area contributed by atoms with E-state index in [9.17, 15) is 4.79 Å². The number of thioether (sulfide) groups is 1. The van der Waals surface area contributed by atoms with Crippen LogP contribution in [0.1, 0.15) is 10.4 Å². The molecule has 0 unspecified atom stereocenters. The zero-order chi connectivity index (χ0) is 14.3. The largest absolute Gasteiger partial charge is 0.497 e. The maximum atomic E-state index is 12.1. The molecule has 20 heavy (non-hydrogen) atoms. The van der Waals surface area contributed by atoms with Crippen LogP contribution in [-0.4, -0.2) is 54.4 Å².